The minimum absolute atomic E-state index is 0.0318. The number of nitro benzene ring substituents is 1. The van der Waals surface area contributed by atoms with Gasteiger partial charge in [-0.1, -0.05) is 72.8 Å². The predicted octanol–water partition coefficient (Wildman–Crippen LogP) is 8.43. The molecule has 2 aliphatic rings. The average Bonchev–Trinajstić information content (AvgIpc) is 2.95. The van der Waals surface area contributed by atoms with Crippen molar-refractivity contribution >= 4 is 54.6 Å². The van der Waals surface area contributed by atoms with Gasteiger partial charge >= 0.3 is 0 Å². The van der Waals surface area contributed by atoms with Crippen molar-refractivity contribution in [1.29, 1.82) is 0 Å². The molecule has 0 saturated heterocycles. The van der Waals surface area contributed by atoms with Crippen molar-refractivity contribution in [2.24, 2.45) is 0 Å². The Morgan fingerprint density at radius 3 is 1.92 bits per heavy atom. The number of benzene rings is 7. The van der Waals surface area contributed by atoms with E-state index in [1.807, 2.05) is 12.1 Å². The van der Waals surface area contributed by atoms with Crippen LogP contribution in [0.15, 0.2) is 91.0 Å². The molecule has 0 N–H and O–H groups in total. The molecule has 176 valence electrons. The summed E-state index contributed by atoms with van der Waals surface area (Å²) < 4.78 is 0. The molecule has 4 nitrogen and oxygen atoms in total. The first kappa shape index (κ1) is 20.0. The van der Waals surface area contributed by atoms with Gasteiger partial charge in [0.05, 0.1) is 10.5 Å². The Bertz CT molecular complexity index is 2240. The van der Waals surface area contributed by atoms with Gasteiger partial charge in [-0.2, -0.15) is 0 Å². The van der Waals surface area contributed by atoms with E-state index in [0.29, 0.717) is 16.7 Å². The number of nitro groups is 1. The van der Waals surface area contributed by atoms with Crippen molar-refractivity contribution < 1.29 is 9.72 Å². The van der Waals surface area contributed by atoms with E-state index < -0.39 is 0 Å². The maximum absolute atomic E-state index is 13.7. The van der Waals surface area contributed by atoms with Gasteiger partial charge in [0, 0.05) is 22.6 Å². The van der Waals surface area contributed by atoms with Crippen LogP contribution in [0.1, 0.15) is 27.0 Å². The number of fused-ring (bicyclic) bond motifs is 6. The topological polar surface area (TPSA) is 60.2 Å². The summed E-state index contributed by atoms with van der Waals surface area (Å²) in [4.78, 5) is 25.3. The summed E-state index contributed by atoms with van der Waals surface area (Å²) in [5.74, 6) is -0.160. The third-order valence-corrected chi connectivity index (χ3v) is 8.67. The number of carbonyl (C=O) groups excluding carboxylic acids is 1. The number of ketones is 1. The Kier molecular flexibility index (Phi) is 3.48. The van der Waals surface area contributed by atoms with Crippen molar-refractivity contribution in [1.82, 2.24) is 0 Å². The zero-order valence-corrected chi connectivity index (χ0v) is 20.0. The normalized spacial score (nSPS) is 13.4. The lowest BCUT2D eigenvalue weighted by atomic mass is 9.76. The molecule has 7 aromatic carbocycles. The van der Waals surface area contributed by atoms with E-state index in [-0.39, 0.29) is 16.4 Å². The molecular weight excluding hydrogens is 470 g/mol. The number of rotatable bonds is 1. The lowest BCUT2D eigenvalue weighted by Gasteiger charge is -2.26. The molecule has 0 fully saturated rings. The third kappa shape index (κ3) is 2.21. The summed E-state index contributed by atoms with van der Waals surface area (Å²) in [6, 6.07) is 30.3. The van der Waals surface area contributed by atoms with Gasteiger partial charge in [0.1, 0.15) is 0 Å². The van der Waals surface area contributed by atoms with E-state index in [1.165, 1.54) is 39.1 Å². The van der Waals surface area contributed by atoms with E-state index in [1.54, 1.807) is 12.1 Å². The fraction of sp³-hybridized carbons (Fsp3) is 0.0294. The molecule has 0 spiro atoms. The van der Waals surface area contributed by atoms with Crippen LogP contribution < -0.4 is 0 Å². The van der Waals surface area contributed by atoms with E-state index >= 15 is 0 Å². The lowest BCUT2D eigenvalue weighted by molar-refractivity contribution is -0.384. The number of nitrogens with zero attached hydrogens (tertiary/aromatic N) is 1. The van der Waals surface area contributed by atoms with Gasteiger partial charge in [-0.25, -0.2) is 0 Å². The van der Waals surface area contributed by atoms with Crippen molar-refractivity contribution in [2.75, 3.05) is 0 Å². The summed E-state index contributed by atoms with van der Waals surface area (Å²) in [5, 5.41) is 20.8. The minimum Gasteiger partial charge on any atom is -0.289 e. The van der Waals surface area contributed by atoms with Crippen LogP contribution in [0.4, 0.5) is 5.69 Å². The van der Waals surface area contributed by atoms with Gasteiger partial charge in [-0.15, -0.1) is 0 Å². The third-order valence-electron chi connectivity index (χ3n) is 8.67. The summed E-state index contributed by atoms with van der Waals surface area (Å²) in [6.07, 6.45) is 0.901. The number of hydrogen-bond donors (Lipinski definition) is 0. The lowest BCUT2D eigenvalue weighted by Crippen LogP contribution is -2.12. The van der Waals surface area contributed by atoms with Crippen LogP contribution in [0.25, 0.3) is 65.3 Å². The fourth-order valence-electron chi connectivity index (χ4n) is 7.18. The van der Waals surface area contributed by atoms with Crippen molar-refractivity contribution in [3.8, 4) is 22.3 Å². The molecule has 0 unspecified atom stereocenters. The molecule has 9 rings (SSSR count). The SMILES string of the molecule is O=C1c2cccc([N+](=O)[O-])c2-c2ccc3c4ccc5c6c(ccc(c7ccc1c2c73)c64)Cc1ccccc1-5. The van der Waals surface area contributed by atoms with Crippen molar-refractivity contribution in [2.45, 2.75) is 6.42 Å². The maximum Gasteiger partial charge on any atom is 0.277 e. The first-order valence-corrected chi connectivity index (χ1v) is 12.7. The smallest absolute Gasteiger partial charge is 0.277 e. The Hall–Kier alpha value is -5.09. The first-order chi connectivity index (χ1) is 18.6. The minimum atomic E-state index is -0.387. The zero-order chi connectivity index (χ0) is 25.3. The highest BCUT2D eigenvalue weighted by Gasteiger charge is 2.32. The average molecular weight is 488 g/mol. The van der Waals surface area contributed by atoms with Crippen molar-refractivity contribution in [3.05, 3.63) is 123 Å². The highest BCUT2D eigenvalue weighted by molar-refractivity contribution is 6.39. The fourth-order valence-corrected chi connectivity index (χ4v) is 7.18. The molecule has 0 radical (unpaired) electrons. The largest absolute Gasteiger partial charge is 0.289 e. The molecule has 0 amide bonds. The Labute approximate surface area is 216 Å². The maximum atomic E-state index is 13.7. The highest BCUT2D eigenvalue weighted by atomic mass is 16.6. The molecule has 2 aliphatic carbocycles. The van der Waals surface area contributed by atoms with Crippen LogP contribution in [0.5, 0.6) is 0 Å². The molecule has 0 aliphatic heterocycles. The van der Waals surface area contributed by atoms with Gasteiger partial charge in [-0.05, 0) is 84.1 Å². The van der Waals surface area contributed by atoms with Crippen LogP contribution in [-0.4, -0.2) is 10.7 Å². The summed E-state index contributed by atoms with van der Waals surface area (Å²) in [5.41, 5.74) is 7.36. The second-order valence-electron chi connectivity index (χ2n) is 10.4. The highest BCUT2D eigenvalue weighted by Crippen LogP contribution is 2.51. The molecule has 38 heavy (non-hydrogen) atoms. The van der Waals surface area contributed by atoms with E-state index in [4.69, 9.17) is 0 Å². The van der Waals surface area contributed by atoms with E-state index in [9.17, 15) is 14.9 Å². The van der Waals surface area contributed by atoms with Gasteiger partial charge in [-0.3, -0.25) is 14.9 Å². The molecule has 7 aromatic rings. The molecule has 0 aromatic heterocycles. The Balaban J connectivity index is 1.50. The van der Waals surface area contributed by atoms with Gasteiger partial charge in [0.2, 0.25) is 0 Å². The summed E-state index contributed by atoms with van der Waals surface area (Å²) in [6.45, 7) is 0. The molecular formula is C34H17NO3. The van der Waals surface area contributed by atoms with Crippen LogP contribution in [0.3, 0.4) is 0 Å². The van der Waals surface area contributed by atoms with Gasteiger partial charge in [0.15, 0.2) is 5.78 Å². The summed E-state index contributed by atoms with van der Waals surface area (Å²) >= 11 is 0. The first-order valence-electron chi connectivity index (χ1n) is 12.7. The second kappa shape index (κ2) is 6.61. The monoisotopic (exact) mass is 487 g/mol. The molecule has 0 heterocycles. The Morgan fingerprint density at radius 1 is 0.526 bits per heavy atom. The van der Waals surface area contributed by atoms with Crippen LogP contribution in [0, 0.1) is 10.1 Å². The van der Waals surface area contributed by atoms with Crippen LogP contribution >= 0.6 is 0 Å². The Morgan fingerprint density at radius 2 is 1.16 bits per heavy atom. The molecule has 0 saturated carbocycles. The van der Waals surface area contributed by atoms with E-state index in [2.05, 4.69) is 60.7 Å². The van der Waals surface area contributed by atoms with Crippen LogP contribution in [-0.2, 0) is 6.42 Å². The summed E-state index contributed by atoms with van der Waals surface area (Å²) in [7, 11) is 0. The zero-order valence-electron chi connectivity index (χ0n) is 20.0. The standard InChI is InChI=1S/C34H17NO3/c36-34-26-6-3-7-28(35(37)38)30(26)25-14-12-23-22-11-10-20-19-5-2-1-4-17(19)16-18-8-9-21(31(22)29(18)20)24-13-15-27(34)33(25)32(23)24/h1-15H,16H2. The molecule has 0 atom stereocenters. The van der Waals surface area contributed by atoms with Crippen LogP contribution in [0.2, 0.25) is 0 Å². The van der Waals surface area contributed by atoms with Crippen molar-refractivity contribution in [3.63, 3.8) is 0 Å². The number of hydrogen-bond acceptors (Lipinski definition) is 3. The van der Waals surface area contributed by atoms with Gasteiger partial charge < -0.3 is 0 Å². The number of carbonyl (C=O) groups is 1. The van der Waals surface area contributed by atoms with Gasteiger partial charge in [0.25, 0.3) is 5.69 Å². The quantitative estimate of drug-likeness (QED) is 0.101. The molecule has 4 heteroatoms. The molecule has 0 bridgehead atoms. The second-order valence-corrected chi connectivity index (χ2v) is 10.4. The predicted molar refractivity (Wildman–Crippen MR) is 151 cm³/mol. The van der Waals surface area contributed by atoms with E-state index in [0.717, 1.165) is 44.3 Å².